The van der Waals surface area contributed by atoms with E-state index in [1.807, 2.05) is 0 Å². The second kappa shape index (κ2) is 11.5. The molecule has 196 valence electrons. The van der Waals surface area contributed by atoms with Crippen molar-refractivity contribution in [2.45, 2.75) is 57.3 Å². The molecule has 0 radical (unpaired) electrons. The smallest absolute Gasteiger partial charge is 0.493 e. The molecule has 0 bridgehead atoms. The minimum absolute atomic E-state index is 0.0916. The molecule has 0 atom stereocenters. The fourth-order valence-electron chi connectivity index (χ4n) is 4.37. The monoisotopic (exact) mass is 509 g/mol. The summed E-state index contributed by atoms with van der Waals surface area (Å²) in [6.07, 6.45) is -1.34. The average Bonchev–Trinajstić information content (AvgIpc) is 2.83. The van der Waals surface area contributed by atoms with Crippen LogP contribution in [0.25, 0.3) is 0 Å². The summed E-state index contributed by atoms with van der Waals surface area (Å²) in [6, 6.07) is 10.1. The van der Waals surface area contributed by atoms with Crippen molar-refractivity contribution in [1.82, 2.24) is 5.32 Å². The summed E-state index contributed by atoms with van der Waals surface area (Å²) >= 11 is 0. The maximum atomic E-state index is 13.0. The second-order valence-corrected chi connectivity index (χ2v) is 8.85. The maximum Gasteiger partial charge on any atom is 0.573 e. The highest BCUT2D eigenvalue weighted by molar-refractivity contribution is 5.98. The number of carboxylic acid groups (broad SMARTS) is 1. The van der Waals surface area contributed by atoms with E-state index < -0.39 is 23.8 Å². The highest BCUT2D eigenvalue weighted by Gasteiger charge is 2.43. The van der Waals surface area contributed by atoms with Crippen LogP contribution in [-0.4, -0.2) is 42.6 Å². The molecule has 1 aliphatic carbocycles. The van der Waals surface area contributed by atoms with Gasteiger partial charge in [0.2, 0.25) is 0 Å². The molecule has 0 aromatic heterocycles. The normalized spacial score (nSPS) is 19.9. The zero-order chi connectivity index (χ0) is 26.3. The first kappa shape index (κ1) is 27.2. The number of carboxylic acids is 1. The van der Waals surface area contributed by atoms with Crippen LogP contribution in [0.4, 0.5) is 13.2 Å². The fraction of sp³-hybridized carbons (Fsp3) is 0.462. The van der Waals surface area contributed by atoms with Crippen molar-refractivity contribution in [3.05, 3.63) is 53.6 Å². The predicted octanol–water partition coefficient (Wildman–Crippen LogP) is 5.37. The molecule has 1 saturated carbocycles. The standard InChI is InChI=1S/C26H30F3NO6/c1-3-17-9-12-25(13-10-17,24(32)33)30-23(31)19-7-8-21(34-2)22(16-19)35-14-11-18-5-4-6-20(15-18)36-26(27,28)29/h4-8,15-17H,3,9-14H2,1-2H3,(H,30,31)(H,32,33)/t17-,25+. The maximum absolute atomic E-state index is 13.0. The van der Waals surface area contributed by atoms with E-state index in [2.05, 4.69) is 17.0 Å². The number of amides is 1. The predicted molar refractivity (Wildman–Crippen MR) is 125 cm³/mol. The van der Waals surface area contributed by atoms with Crippen molar-refractivity contribution in [2.75, 3.05) is 13.7 Å². The molecule has 0 spiro atoms. The van der Waals surface area contributed by atoms with Gasteiger partial charge in [-0.2, -0.15) is 0 Å². The molecule has 2 aromatic carbocycles. The van der Waals surface area contributed by atoms with Gasteiger partial charge < -0.3 is 24.6 Å². The Bertz CT molecular complexity index is 1060. The van der Waals surface area contributed by atoms with Crippen molar-refractivity contribution in [3.8, 4) is 17.2 Å². The van der Waals surface area contributed by atoms with E-state index >= 15 is 0 Å². The summed E-state index contributed by atoms with van der Waals surface area (Å²) in [5.74, 6) is -0.833. The first-order chi connectivity index (χ1) is 17.0. The molecule has 10 heteroatoms. The Hall–Kier alpha value is -3.43. The van der Waals surface area contributed by atoms with Crippen LogP contribution in [0.2, 0.25) is 0 Å². The average molecular weight is 510 g/mol. The van der Waals surface area contributed by atoms with Gasteiger partial charge in [-0.15, -0.1) is 13.2 Å². The van der Waals surface area contributed by atoms with Gasteiger partial charge in [-0.25, -0.2) is 4.79 Å². The van der Waals surface area contributed by atoms with Crippen LogP contribution in [0, 0.1) is 5.92 Å². The molecule has 7 nitrogen and oxygen atoms in total. The van der Waals surface area contributed by atoms with Crippen LogP contribution in [0.3, 0.4) is 0 Å². The van der Waals surface area contributed by atoms with Gasteiger partial charge in [-0.05, 0) is 67.5 Å². The van der Waals surface area contributed by atoms with Crippen LogP contribution in [0.1, 0.15) is 54.9 Å². The van der Waals surface area contributed by atoms with Crippen LogP contribution in [0.15, 0.2) is 42.5 Å². The van der Waals surface area contributed by atoms with Gasteiger partial charge in [0.25, 0.3) is 5.91 Å². The number of alkyl halides is 3. The Morgan fingerprint density at radius 2 is 1.83 bits per heavy atom. The molecule has 2 aromatic rings. The first-order valence-electron chi connectivity index (χ1n) is 11.8. The molecule has 2 N–H and O–H groups in total. The number of halogens is 3. The molecule has 1 aliphatic rings. The third-order valence-corrected chi connectivity index (χ3v) is 6.50. The topological polar surface area (TPSA) is 94.1 Å². The molecule has 36 heavy (non-hydrogen) atoms. The molecule has 0 heterocycles. The summed E-state index contributed by atoms with van der Waals surface area (Å²) in [7, 11) is 1.44. The van der Waals surface area contributed by atoms with Gasteiger partial charge in [0, 0.05) is 12.0 Å². The molecule has 0 aliphatic heterocycles. The van der Waals surface area contributed by atoms with Crippen LogP contribution < -0.4 is 19.5 Å². The third kappa shape index (κ3) is 7.05. The number of ether oxygens (including phenoxy) is 3. The van der Waals surface area contributed by atoms with Gasteiger partial charge >= 0.3 is 12.3 Å². The lowest BCUT2D eigenvalue weighted by molar-refractivity contribution is -0.274. The molecular formula is C26H30F3NO6. The highest BCUT2D eigenvalue weighted by atomic mass is 19.4. The van der Waals surface area contributed by atoms with Crippen LogP contribution in [-0.2, 0) is 11.2 Å². The number of rotatable bonds is 10. The number of hydrogen-bond acceptors (Lipinski definition) is 5. The molecule has 1 amide bonds. The first-order valence-corrected chi connectivity index (χ1v) is 11.8. The minimum atomic E-state index is -4.78. The van der Waals surface area contributed by atoms with Crippen molar-refractivity contribution >= 4 is 11.9 Å². The Morgan fingerprint density at radius 3 is 2.44 bits per heavy atom. The van der Waals surface area contributed by atoms with E-state index in [0.717, 1.165) is 19.3 Å². The van der Waals surface area contributed by atoms with Gasteiger partial charge in [0.1, 0.15) is 11.3 Å². The van der Waals surface area contributed by atoms with Crippen LogP contribution >= 0.6 is 0 Å². The summed E-state index contributed by atoms with van der Waals surface area (Å²) < 4.78 is 52.4. The number of carbonyl (C=O) groups excluding carboxylic acids is 1. The summed E-state index contributed by atoms with van der Waals surface area (Å²) in [5.41, 5.74) is -0.534. The lowest BCUT2D eigenvalue weighted by atomic mass is 9.75. The Morgan fingerprint density at radius 1 is 1.11 bits per heavy atom. The Labute approximate surface area is 207 Å². The van der Waals surface area contributed by atoms with Gasteiger partial charge in [0.15, 0.2) is 11.5 Å². The Balaban J connectivity index is 1.68. The minimum Gasteiger partial charge on any atom is -0.493 e. The lowest BCUT2D eigenvalue weighted by Gasteiger charge is -2.37. The van der Waals surface area contributed by atoms with E-state index in [4.69, 9.17) is 9.47 Å². The molecule has 0 unspecified atom stereocenters. The highest BCUT2D eigenvalue weighted by Crippen LogP contribution is 2.35. The van der Waals surface area contributed by atoms with Gasteiger partial charge in [-0.1, -0.05) is 25.5 Å². The number of carbonyl (C=O) groups is 2. The molecule has 0 saturated heterocycles. The number of hydrogen-bond donors (Lipinski definition) is 2. The van der Waals surface area contributed by atoms with E-state index in [9.17, 15) is 27.9 Å². The van der Waals surface area contributed by atoms with Crippen molar-refractivity contribution in [3.63, 3.8) is 0 Å². The summed E-state index contributed by atoms with van der Waals surface area (Å²) in [6.45, 7) is 2.16. The largest absolute Gasteiger partial charge is 0.573 e. The van der Waals surface area contributed by atoms with Crippen molar-refractivity contribution < 1.29 is 42.1 Å². The number of benzene rings is 2. The Kier molecular flexibility index (Phi) is 8.70. The SMILES string of the molecule is CC[C@H]1CC[C@](NC(=O)c2ccc(OC)c(OCCc3cccc(OC(F)(F)F)c3)c2)(C(=O)O)CC1. The van der Waals surface area contributed by atoms with Crippen molar-refractivity contribution in [1.29, 1.82) is 0 Å². The summed E-state index contributed by atoms with van der Waals surface area (Å²) in [4.78, 5) is 25.0. The van der Waals surface area contributed by atoms with E-state index in [0.29, 0.717) is 30.1 Å². The number of aliphatic carboxylic acids is 1. The zero-order valence-electron chi connectivity index (χ0n) is 20.2. The van der Waals surface area contributed by atoms with Gasteiger partial charge in [-0.3, -0.25) is 4.79 Å². The van der Waals surface area contributed by atoms with E-state index in [1.165, 1.54) is 37.4 Å². The van der Waals surface area contributed by atoms with E-state index in [-0.39, 0.29) is 30.1 Å². The van der Waals surface area contributed by atoms with Crippen molar-refractivity contribution in [2.24, 2.45) is 5.92 Å². The molecule has 1 fully saturated rings. The quantitative estimate of drug-likeness (QED) is 0.447. The second-order valence-electron chi connectivity index (χ2n) is 8.85. The zero-order valence-corrected chi connectivity index (χ0v) is 20.2. The fourth-order valence-corrected chi connectivity index (χ4v) is 4.37. The molecular weight excluding hydrogens is 479 g/mol. The summed E-state index contributed by atoms with van der Waals surface area (Å²) in [5, 5.41) is 12.6. The van der Waals surface area contributed by atoms with Gasteiger partial charge in [0.05, 0.1) is 13.7 Å². The van der Waals surface area contributed by atoms with Crippen LogP contribution in [0.5, 0.6) is 17.2 Å². The lowest BCUT2D eigenvalue weighted by Crippen LogP contribution is -2.56. The third-order valence-electron chi connectivity index (χ3n) is 6.50. The number of nitrogens with one attached hydrogen (secondary N) is 1. The number of methoxy groups -OCH3 is 1. The van der Waals surface area contributed by atoms with E-state index in [1.54, 1.807) is 12.1 Å². The molecule has 3 rings (SSSR count).